The maximum Gasteiger partial charge on any atom is 0.240 e. The SMILES string of the molecule is CN=C(NCc1cccc(S(=O)(=O)NC)c1)NCC1CCCN(C)C1c1cccs1. The zero-order valence-electron chi connectivity index (χ0n) is 17.8. The van der Waals surface area contributed by atoms with Gasteiger partial charge in [0.15, 0.2) is 5.96 Å². The molecular formula is C21H31N5O2S2. The van der Waals surface area contributed by atoms with Gasteiger partial charge in [0.25, 0.3) is 0 Å². The van der Waals surface area contributed by atoms with Gasteiger partial charge in [-0.05, 0) is 68.5 Å². The summed E-state index contributed by atoms with van der Waals surface area (Å²) in [5.74, 6) is 1.22. The number of piperidine rings is 1. The molecule has 1 aliphatic rings. The van der Waals surface area contributed by atoms with E-state index >= 15 is 0 Å². The van der Waals surface area contributed by atoms with Crippen molar-refractivity contribution in [3.05, 3.63) is 52.2 Å². The quantitative estimate of drug-likeness (QED) is 0.446. The lowest BCUT2D eigenvalue weighted by molar-refractivity contribution is 0.125. The molecule has 30 heavy (non-hydrogen) atoms. The fourth-order valence-electron chi connectivity index (χ4n) is 3.96. The van der Waals surface area contributed by atoms with Gasteiger partial charge in [0.1, 0.15) is 0 Å². The van der Waals surface area contributed by atoms with Crippen LogP contribution < -0.4 is 15.4 Å². The predicted molar refractivity (Wildman–Crippen MR) is 123 cm³/mol. The van der Waals surface area contributed by atoms with Crippen molar-refractivity contribution in [3.8, 4) is 0 Å². The molecule has 0 spiro atoms. The normalized spacial score (nSPS) is 20.8. The third-order valence-electron chi connectivity index (χ3n) is 5.53. The van der Waals surface area contributed by atoms with Crippen LogP contribution in [0.1, 0.15) is 29.3 Å². The van der Waals surface area contributed by atoms with Crippen LogP contribution in [0.5, 0.6) is 0 Å². The number of hydrogen-bond donors (Lipinski definition) is 3. The molecule has 1 aromatic heterocycles. The molecule has 0 amide bonds. The summed E-state index contributed by atoms with van der Waals surface area (Å²) in [7, 11) is 1.92. The minimum Gasteiger partial charge on any atom is -0.356 e. The van der Waals surface area contributed by atoms with Crippen molar-refractivity contribution in [2.45, 2.75) is 30.3 Å². The van der Waals surface area contributed by atoms with Gasteiger partial charge in [0.2, 0.25) is 10.0 Å². The number of likely N-dealkylation sites (tertiary alicyclic amines) is 1. The first kappa shape index (κ1) is 22.7. The molecule has 2 aromatic rings. The second-order valence-electron chi connectivity index (χ2n) is 7.50. The van der Waals surface area contributed by atoms with Crippen molar-refractivity contribution >= 4 is 27.3 Å². The first-order valence-electron chi connectivity index (χ1n) is 10.1. The number of aliphatic imine (C=N–C) groups is 1. The Kier molecular flexibility index (Phi) is 7.87. The standard InChI is InChI=1S/C21H31N5O2S2/c1-22-21(24-14-16-7-4-9-18(13-16)30(27,28)23-2)25-15-17-8-5-11-26(3)20(17)19-10-6-12-29-19/h4,6-7,9-10,12-13,17,20,23H,5,8,11,14-15H2,1-3H3,(H2,22,24,25). The van der Waals surface area contributed by atoms with E-state index in [0.29, 0.717) is 18.5 Å². The summed E-state index contributed by atoms with van der Waals surface area (Å²) >= 11 is 1.82. The number of nitrogens with zero attached hydrogens (tertiary/aromatic N) is 2. The Morgan fingerprint density at radius 3 is 2.80 bits per heavy atom. The molecule has 9 heteroatoms. The van der Waals surface area contributed by atoms with Crippen molar-refractivity contribution in [1.82, 2.24) is 20.3 Å². The van der Waals surface area contributed by atoms with Gasteiger partial charge in [-0.1, -0.05) is 18.2 Å². The fraction of sp³-hybridized carbons (Fsp3) is 0.476. The van der Waals surface area contributed by atoms with E-state index in [1.165, 1.54) is 24.8 Å². The summed E-state index contributed by atoms with van der Waals surface area (Å²) in [5.41, 5.74) is 0.878. The number of hydrogen-bond acceptors (Lipinski definition) is 5. The van der Waals surface area contributed by atoms with Gasteiger partial charge in [-0.3, -0.25) is 9.89 Å². The highest BCUT2D eigenvalue weighted by Crippen LogP contribution is 2.36. The van der Waals surface area contributed by atoms with E-state index < -0.39 is 10.0 Å². The summed E-state index contributed by atoms with van der Waals surface area (Å²) in [4.78, 5) is 8.46. The molecule has 0 saturated carbocycles. The molecule has 2 unspecified atom stereocenters. The van der Waals surface area contributed by atoms with Crippen molar-refractivity contribution in [2.75, 3.05) is 34.2 Å². The molecule has 2 atom stereocenters. The lowest BCUT2D eigenvalue weighted by Crippen LogP contribution is -2.44. The van der Waals surface area contributed by atoms with Crippen LogP contribution in [-0.4, -0.2) is 53.5 Å². The number of rotatable bonds is 7. The summed E-state index contributed by atoms with van der Waals surface area (Å²) in [5, 5.41) is 8.90. The van der Waals surface area contributed by atoms with Gasteiger partial charge in [-0.25, -0.2) is 13.1 Å². The number of guanidine groups is 1. The van der Waals surface area contributed by atoms with Gasteiger partial charge < -0.3 is 10.6 Å². The Morgan fingerprint density at radius 2 is 2.10 bits per heavy atom. The van der Waals surface area contributed by atoms with E-state index in [2.05, 4.69) is 49.8 Å². The van der Waals surface area contributed by atoms with Crippen LogP contribution in [0.3, 0.4) is 0 Å². The van der Waals surface area contributed by atoms with Crippen molar-refractivity contribution in [2.24, 2.45) is 10.9 Å². The fourth-order valence-corrected chi connectivity index (χ4v) is 5.74. The summed E-state index contributed by atoms with van der Waals surface area (Å²) in [6.45, 7) is 2.45. The smallest absolute Gasteiger partial charge is 0.240 e. The van der Waals surface area contributed by atoms with Gasteiger partial charge in [-0.15, -0.1) is 11.3 Å². The number of nitrogens with one attached hydrogen (secondary N) is 3. The predicted octanol–water partition coefficient (Wildman–Crippen LogP) is 2.40. The summed E-state index contributed by atoms with van der Waals surface area (Å²) < 4.78 is 26.4. The third-order valence-corrected chi connectivity index (χ3v) is 7.89. The molecule has 2 heterocycles. The average molecular weight is 450 g/mol. The molecule has 0 radical (unpaired) electrons. The Hall–Kier alpha value is -1.94. The minimum atomic E-state index is -3.45. The zero-order valence-corrected chi connectivity index (χ0v) is 19.4. The van der Waals surface area contributed by atoms with E-state index in [4.69, 9.17) is 0 Å². The van der Waals surface area contributed by atoms with Crippen LogP contribution in [-0.2, 0) is 16.6 Å². The number of benzene rings is 1. The van der Waals surface area contributed by atoms with Crippen LogP contribution in [0.4, 0.5) is 0 Å². The highest BCUT2D eigenvalue weighted by Gasteiger charge is 2.31. The topological polar surface area (TPSA) is 85.8 Å². The maximum atomic E-state index is 12.0. The van der Waals surface area contributed by atoms with Crippen LogP contribution in [0.25, 0.3) is 0 Å². The molecule has 1 saturated heterocycles. The average Bonchev–Trinajstić information content (AvgIpc) is 3.28. The Balaban J connectivity index is 1.59. The lowest BCUT2D eigenvalue weighted by atomic mass is 9.88. The Bertz CT molecular complexity index is 944. The maximum absolute atomic E-state index is 12.0. The summed E-state index contributed by atoms with van der Waals surface area (Å²) in [6.07, 6.45) is 2.38. The molecule has 164 valence electrons. The number of thiophene rings is 1. The van der Waals surface area contributed by atoms with Crippen LogP contribution in [0, 0.1) is 5.92 Å². The largest absolute Gasteiger partial charge is 0.356 e. The number of sulfonamides is 1. The molecule has 3 N–H and O–H groups in total. The van der Waals surface area contributed by atoms with Gasteiger partial charge in [-0.2, -0.15) is 0 Å². The van der Waals surface area contributed by atoms with E-state index in [1.807, 2.05) is 17.4 Å². The van der Waals surface area contributed by atoms with Gasteiger partial charge in [0, 0.05) is 31.1 Å². The molecule has 3 rings (SSSR count). The molecule has 0 bridgehead atoms. The zero-order chi connectivity index (χ0) is 21.6. The van der Waals surface area contributed by atoms with E-state index in [1.54, 1.807) is 25.2 Å². The Morgan fingerprint density at radius 1 is 1.27 bits per heavy atom. The van der Waals surface area contributed by atoms with Crippen LogP contribution >= 0.6 is 11.3 Å². The third kappa shape index (κ3) is 5.60. The molecule has 1 fully saturated rings. The van der Waals surface area contributed by atoms with E-state index in [-0.39, 0.29) is 4.90 Å². The highest BCUT2D eigenvalue weighted by molar-refractivity contribution is 7.89. The van der Waals surface area contributed by atoms with Crippen molar-refractivity contribution in [3.63, 3.8) is 0 Å². The van der Waals surface area contributed by atoms with Gasteiger partial charge >= 0.3 is 0 Å². The molecule has 7 nitrogen and oxygen atoms in total. The molecule has 1 aliphatic heterocycles. The van der Waals surface area contributed by atoms with Gasteiger partial charge in [0.05, 0.1) is 4.90 Å². The highest BCUT2D eigenvalue weighted by atomic mass is 32.2. The van der Waals surface area contributed by atoms with E-state index in [0.717, 1.165) is 24.6 Å². The molecule has 1 aromatic carbocycles. The minimum absolute atomic E-state index is 0.260. The van der Waals surface area contributed by atoms with E-state index in [9.17, 15) is 8.42 Å². The second-order valence-corrected chi connectivity index (χ2v) is 10.4. The first-order valence-corrected chi connectivity index (χ1v) is 12.5. The Labute approximate surface area is 183 Å². The second kappa shape index (κ2) is 10.4. The molecule has 0 aliphatic carbocycles. The lowest BCUT2D eigenvalue weighted by Gasteiger charge is -2.39. The molecular weight excluding hydrogens is 418 g/mol. The monoisotopic (exact) mass is 449 g/mol. The van der Waals surface area contributed by atoms with Crippen LogP contribution in [0.2, 0.25) is 0 Å². The van der Waals surface area contributed by atoms with Crippen molar-refractivity contribution < 1.29 is 8.42 Å². The first-order chi connectivity index (χ1) is 14.4. The van der Waals surface area contributed by atoms with Crippen molar-refractivity contribution in [1.29, 1.82) is 0 Å². The summed E-state index contributed by atoms with van der Waals surface area (Å²) in [6, 6.07) is 11.7. The van der Waals surface area contributed by atoms with Crippen LogP contribution in [0.15, 0.2) is 51.7 Å².